The van der Waals surface area contributed by atoms with Crippen molar-refractivity contribution in [1.82, 2.24) is 15.5 Å². The van der Waals surface area contributed by atoms with Crippen LogP contribution in [-0.2, 0) is 6.42 Å². The van der Waals surface area contributed by atoms with Crippen LogP contribution < -0.4 is 16.4 Å². The predicted octanol–water partition coefficient (Wildman–Crippen LogP) is 5.02. The molecule has 0 atom stereocenters. The number of rotatable bonds is 7. The number of hydrogen-bond donors (Lipinski definition) is 3. The van der Waals surface area contributed by atoms with Gasteiger partial charge < -0.3 is 21.3 Å². The first-order valence-electron chi connectivity index (χ1n) is 12.6. The summed E-state index contributed by atoms with van der Waals surface area (Å²) in [5, 5.41) is 7.17. The molecule has 1 heterocycles. The van der Waals surface area contributed by atoms with E-state index >= 15 is 0 Å². The van der Waals surface area contributed by atoms with Crippen molar-refractivity contribution < 1.29 is 0 Å². The molecule has 186 valence electrons. The zero-order valence-electron chi connectivity index (χ0n) is 22.8. The van der Waals surface area contributed by atoms with Crippen LogP contribution in [0.25, 0.3) is 11.3 Å². The summed E-state index contributed by atoms with van der Waals surface area (Å²) in [6.07, 6.45) is 10.3. The number of aliphatic imine (C=N–C) groups is 1. The minimum atomic E-state index is 0.0845. The Kier molecular flexibility index (Phi) is 7.66. The molecule has 5 heteroatoms. The number of benzene rings is 1. The van der Waals surface area contributed by atoms with E-state index in [1.807, 2.05) is 26.4 Å². The molecule has 0 amide bonds. The van der Waals surface area contributed by atoms with Gasteiger partial charge in [0, 0.05) is 55.7 Å². The quantitative estimate of drug-likeness (QED) is 0.393. The Balaban J connectivity index is 1.87. The Morgan fingerprint density at radius 1 is 1.21 bits per heavy atom. The fourth-order valence-electron chi connectivity index (χ4n) is 6.00. The summed E-state index contributed by atoms with van der Waals surface area (Å²) in [5.74, 6) is 0.793. The van der Waals surface area contributed by atoms with E-state index < -0.39 is 0 Å². The second-order valence-electron chi connectivity index (χ2n) is 11.2. The van der Waals surface area contributed by atoms with Crippen molar-refractivity contribution in [2.24, 2.45) is 10.7 Å². The number of piperidine rings is 1. The molecule has 2 aliphatic rings. The molecule has 0 aromatic heterocycles. The van der Waals surface area contributed by atoms with E-state index in [4.69, 9.17) is 5.73 Å². The van der Waals surface area contributed by atoms with Crippen LogP contribution in [0.15, 0.2) is 40.7 Å². The van der Waals surface area contributed by atoms with Crippen molar-refractivity contribution >= 4 is 17.5 Å². The molecule has 34 heavy (non-hydrogen) atoms. The van der Waals surface area contributed by atoms with E-state index in [1.165, 1.54) is 33.4 Å². The van der Waals surface area contributed by atoms with E-state index in [0.29, 0.717) is 6.04 Å². The average Bonchev–Trinajstić information content (AvgIpc) is 3.07. The Morgan fingerprint density at radius 2 is 1.85 bits per heavy atom. The summed E-state index contributed by atoms with van der Waals surface area (Å²) in [6, 6.07) is 5.07. The first-order valence-corrected chi connectivity index (χ1v) is 12.6. The summed E-state index contributed by atoms with van der Waals surface area (Å²) in [4.78, 5) is 6.53. The van der Waals surface area contributed by atoms with Crippen LogP contribution in [0.4, 0.5) is 0 Å². The number of nitrogens with zero attached hydrogens (tertiary/aromatic N) is 2. The summed E-state index contributed by atoms with van der Waals surface area (Å²) in [7, 11) is 5.95. The average molecular weight is 464 g/mol. The van der Waals surface area contributed by atoms with Gasteiger partial charge in [-0.2, -0.15) is 0 Å². The molecule has 1 aromatic carbocycles. The second-order valence-corrected chi connectivity index (χ2v) is 11.2. The van der Waals surface area contributed by atoms with Gasteiger partial charge in [0.2, 0.25) is 0 Å². The zero-order valence-corrected chi connectivity index (χ0v) is 22.8. The topological polar surface area (TPSA) is 65.7 Å². The number of nitrogens with two attached hydrogens (primary N) is 1. The number of allylic oxidation sites excluding steroid dienone is 4. The van der Waals surface area contributed by atoms with Gasteiger partial charge in [0.05, 0.1) is 5.82 Å². The van der Waals surface area contributed by atoms with Crippen molar-refractivity contribution in [1.29, 1.82) is 0 Å². The smallest absolute Gasteiger partial charge is 0.0987 e. The largest absolute Gasteiger partial charge is 0.388 e. The minimum absolute atomic E-state index is 0.0845. The van der Waals surface area contributed by atoms with Gasteiger partial charge in [-0.3, -0.25) is 4.99 Å². The first kappa shape index (κ1) is 26.1. The number of nitrogens with one attached hydrogen (secondary N) is 2. The zero-order chi connectivity index (χ0) is 25.3. The minimum Gasteiger partial charge on any atom is -0.388 e. The molecule has 0 saturated carbocycles. The highest BCUT2D eigenvalue weighted by Gasteiger charge is 2.39. The highest BCUT2D eigenvalue weighted by Crippen LogP contribution is 2.37. The van der Waals surface area contributed by atoms with Crippen molar-refractivity contribution in [3.05, 3.63) is 57.9 Å². The highest BCUT2D eigenvalue weighted by atomic mass is 15.2. The van der Waals surface area contributed by atoms with Crippen molar-refractivity contribution in [3.8, 4) is 0 Å². The van der Waals surface area contributed by atoms with Crippen LogP contribution in [0.2, 0.25) is 0 Å². The maximum atomic E-state index is 6.60. The fourth-order valence-corrected chi connectivity index (χ4v) is 6.00. The summed E-state index contributed by atoms with van der Waals surface area (Å²) in [5.41, 5.74) is 15.8. The Bertz CT molecular complexity index is 1020. The Labute approximate surface area is 207 Å². The van der Waals surface area contributed by atoms with E-state index in [9.17, 15) is 0 Å². The lowest BCUT2D eigenvalue weighted by Gasteiger charge is -2.49. The Hall–Kier alpha value is -2.53. The third kappa shape index (κ3) is 5.57. The molecule has 3 rings (SSSR count). The van der Waals surface area contributed by atoms with Crippen molar-refractivity contribution in [3.63, 3.8) is 0 Å². The lowest BCUT2D eigenvalue weighted by molar-refractivity contribution is 0.0981. The molecule has 1 fully saturated rings. The summed E-state index contributed by atoms with van der Waals surface area (Å²) < 4.78 is 0. The van der Waals surface area contributed by atoms with Gasteiger partial charge >= 0.3 is 0 Å². The summed E-state index contributed by atoms with van der Waals surface area (Å²) in [6.45, 7) is 13.5. The molecule has 1 aliphatic carbocycles. The molecule has 1 aliphatic heterocycles. The van der Waals surface area contributed by atoms with Gasteiger partial charge in [-0.15, -0.1) is 0 Å². The van der Waals surface area contributed by atoms with Gasteiger partial charge in [-0.1, -0.05) is 13.0 Å². The Morgan fingerprint density at radius 3 is 2.41 bits per heavy atom. The SMILES string of the molecule is CCC1=C(/C=N\C)Cc2cc(/C(=C/C=C(\N)N(C)C3CC(C)(C)NC(C)(C)C3)NC)c(C)cc21. The maximum absolute atomic E-state index is 6.60. The van der Waals surface area contributed by atoms with E-state index in [0.717, 1.165) is 37.2 Å². The summed E-state index contributed by atoms with van der Waals surface area (Å²) >= 11 is 0. The lowest BCUT2D eigenvalue weighted by atomic mass is 9.79. The molecule has 4 N–H and O–H groups in total. The number of aryl methyl sites for hydroxylation is 1. The molecule has 0 radical (unpaired) electrons. The van der Waals surface area contributed by atoms with Crippen LogP contribution in [-0.4, -0.2) is 49.4 Å². The van der Waals surface area contributed by atoms with Gasteiger partial charge in [-0.05, 0) is 106 Å². The van der Waals surface area contributed by atoms with Crippen LogP contribution >= 0.6 is 0 Å². The molecule has 1 saturated heterocycles. The van der Waals surface area contributed by atoms with Crippen molar-refractivity contribution in [2.45, 2.75) is 84.3 Å². The second kappa shape index (κ2) is 9.99. The number of fused-ring (bicyclic) bond motifs is 1. The molecule has 0 spiro atoms. The van der Waals surface area contributed by atoms with E-state index in [-0.39, 0.29) is 11.1 Å². The molecule has 5 nitrogen and oxygen atoms in total. The molecular formula is C29H45N5. The first-order chi connectivity index (χ1) is 15.9. The predicted molar refractivity (Wildman–Crippen MR) is 148 cm³/mol. The van der Waals surface area contributed by atoms with E-state index in [2.05, 4.69) is 87.3 Å². The van der Waals surface area contributed by atoms with Crippen LogP contribution in [0.1, 0.15) is 76.1 Å². The monoisotopic (exact) mass is 463 g/mol. The van der Waals surface area contributed by atoms with Gasteiger partial charge in [0.1, 0.15) is 0 Å². The third-order valence-electron chi connectivity index (χ3n) is 7.29. The highest BCUT2D eigenvalue weighted by molar-refractivity contribution is 5.96. The third-order valence-corrected chi connectivity index (χ3v) is 7.29. The van der Waals surface area contributed by atoms with Gasteiger partial charge in [-0.25, -0.2) is 0 Å². The van der Waals surface area contributed by atoms with Crippen LogP contribution in [0.5, 0.6) is 0 Å². The fraction of sp³-hybridized carbons (Fsp3) is 0.552. The molecule has 0 unspecified atom stereocenters. The van der Waals surface area contributed by atoms with Crippen LogP contribution in [0, 0.1) is 6.92 Å². The lowest BCUT2D eigenvalue weighted by Crippen LogP contribution is -2.61. The molecular weight excluding hydrogens is 418 g/mol. The van der Waals surface area contributed by atoms with Crippen LogP contribution in [0.3, 0.4) is 0 Å². The number of hydrogen-bond acceptors (Lipinski definition) is 5. The normalized spacial score (nSPS) is 20.7. The van der Waals surface area contributed by atoms with E-state index in [1.54, 1.807) is 0 Å². The van der Waals surface area contributed by atoms with Gasteiger partial charge in [0.15, 0.2) is 0 Å². The molecule has 0 bridgehead atoms. The standard InChI is InChI=1S/C29H45N5/c1-10-23-21(18-31-7)14-20-15-24(19(2)13-25(20)23)26(32-8)11-12-27(30)34(9)22-16-28(3,4)33-29(5,6)17-22/h11-13,15,18,22,32-33H,10,14,16-17,30H2,1-9H3/b26-11-,27-12+,31-18-. The molecule has 1 aromatic rings. The van der Waals surface area contributed by atoms with Crippen molar-refractivity contribution in [2.75, 3.05) is 21.1 Å². The van der Waals surface area contributed by atoms with Gasteiger partial charge in [0.25, 0.3) is 0 Å². The maximum Gasteiger partial charge on any atom is 0.0987 e.